The average Bonchev–Trinajstić information content (AvgIpc) is 3.07. The first-order valence-electron chi connectivity index (χ1n) is 8.12. The van der Waals surface area contributed by atoms with Crippen LogP contribution in [-0.2, 0) is 17.8 Å². The van der Waals surface area contributed by atoms with Gasteiger partial charge in [-0.3, -0.25) is 4.90 Å². The molecule has 0 saturated carbocycles. The van der Waals surface area contributed by atoms with Crippen molar-refractivity contribution in [2.24, 2.45) is 5.73 Å². The smallest absolute Gasteiger partial charge is 0.129 e. The molecule has 0 bridgehead atoms. The minimum absolute atomic E-state index is 0.149. The predicted octanol–water partition coefficient (Wildman–Crippen LogP) is 2.17. The molecule has 2 unspecified atom stereocenters. The highest BCUT2D eigenvalue weighted by Gasteiger charge is 2.37. The Balaban J connectivity index is 1.45. The van der Waals surface area contributed by atoms with E-state index in [1.165, 1.54) is 6.07 Å². The maximum absolute atomic E-state index is 14.0. The Hall–Kier alpha value is -1.83. The van der Waals surface area contributed by atoms with E-state index >= 15 is 0 Å². The van der Waals surface area contributed by atoms with Gasteiger partial charge in [0.15, 0.2) is 0 Å². The number of hydrogen-bond donors (Lipinski definition) is 2. The number of ether oxygens (including phenoxy) is 1. The highest BCUT2D eigenvalue weighted by Crippen LogP contribution is 2.33. The number of halogens is 2. The van der Waals surface area contributed by atoms with Crippen LogP contribution in [-0.4, -0.2) is 33.6 Å². The van der Waals surface area contributed by atoms with E-state index in [0.29, 0.717) is 13.0 Å². The van der Waals surface area contributed by atoms with Crippen LogP contribution in [0.15, 0.2) is 18.2 Å². The zero-order valence-electron chi connectivity index (χ0n) is 13.4. The van der Waals surface area contributed by atoms with Crippen molar-refractivity contribution in [2.45, 2.75) is 44.6 Å². The van der Waals surface area contributed by atoms with Crippen LogP contribution in [0.5, 0.6) is 0 Å². The molecular formula is C17H20F2N4O. The highest BCUT2D eigenvalue weighted by atomic mass is 19.1. The third-order valence-electron chi connectivity index (χ3n) is 4.88. The molecule has 0 amide bonds. The van der Waals surface area contributed by atoms with Crippen LogP contribution in [0.2, 0.25) is 0 Å². The SMILES string of the molecule is Cc1nc2c([nH]1)CN(C1CO[C@H](c3cc(F)ccc3F)C(N)C1)C2. The molecule has 3 heterocycles. The van der Waals surface area contributed by atoms with Crippen molar-refractivity contribution < 1.29 is 13.5 Å². The van der Waals surface area contributed by atoms with Gasteiger partial charge < -0.3 is 15.5 Å². The number of aromatic nitrogens is 2. The van der Waals surface area contributed by atoms with Crippen LogP contribution in [0.4, 0.5) is 8.78 Å². The summed E-state index contributed by atoms with van der Waals surface area (Å²) in [6.45, 7) is 3.94. The van der Waals surface area contributed by atoms with E-state index in [4.69, 9.17) is 10.5 Å². The van der Waals surface area contributed by atoms with Crippen LogP contribution < -0.4 is 5.73 Å². The third-order valence-corrected chi connectivity index (χ3v) is 4.88. The summed E-state index contributed by atoms with van der Waals surface area (Å²) in [5.41, 5.74) is 8.63. The molecule has 3 N–H and O–H groups in total. The molecule has 0 spiro atoms. The minimum atomic E-state index is -0.613. The van der Waals surface area contributed by atoms with E-state index in [0.717, 1.165) is 42.4 Å². The largest absolute Gasteiger partial charge is 0.370 e. The van der Waals surface area contributed by atoms with Crippen LogP contribution in [0.3, 0.4) is 0 Å². The second-order valence-corrected chi connectivity index (χ2v) is 6.63. The number of nitrogens with two attached hydrogens (primary N) is 1. The zero-order valence-corrected chi connectivity index (χ0v) is 13.4. The summed E-state index contributed by atoms with van der Waals surface area (Å²) in [4.78, 5) is 10.0. The molecule has 7 heteroatoms. The summed E-state index contributed by atoms with van der Waals surface area (Å²) >= 11 is 0. The molecule has 3 atom stereocenters. The third kappa shape index (κ3) is 2.72. The number of hydrogen-bond acceptors (Lipinski definition) is 4. The van der Waals surface area contributed by atoms with Crippen LogP contribution in [0.25, 0.3) is 0 Å². The molecule has 0 aliphatic carbocycles. The van der Waals surface area contributed by atoms with Gasteiger partial charge in [0, 0.05) is 30.7 Å². The minimum Gasteiger partial charge on any atom is -0.370 e. The standard InChI is InChI=1S/C17H20F2N4O/c1-9-21-15-6-23(7-16(15)22-9)11-5-14(20)17(24-8-11)12-4-10(18)2-3-13(12)19/h2-4,11,14,17H,5-8,20H2,1H3,(H,21,22)/t11?,14?,17-/m1/s1. The van der Waals surface area contributed by atoms with Gasteiger partial charge in [-0.15, -0.1) is 0 Å². The number of nitrogens with one attached hydrogen (secondary N) is 1. The van der Waals surface area contributed by atoms with Crippen molar-refractivity contribution in [1.82, 2.24) is 14.9 Å². The van der Waals surface area contributed by atoms with Crippen LogP contribution in [0.1, 0.15) is 35.3 Å². The number of benzene rings is 1. The second kappa shape index (κ2) is 5.91. The lowest BCUT2D eigenvalue weighted by molar-refractivity contribution is -0.0534. The number of H-pyrrole nitrogens is 1. The fourth-order valence-corrected chi connectivity index (χ4v) is 3.71. The summed E-state index contributed by atoms with van der Waals surface area (Å²) in [6.07, 6.45) is 0.0573. The van der Waals surface area contributed by atoms with E-state index in [1.54, 1.807) is 0 Å². The molecule has 2 aliphatic rings. The number of fused-ring (bicyclic) bond motifs is 1. The first kappa shape index (κ1) is 15.7. The molecule has 128 valence electrons. The van der Waals surface area contributed by atoms with Gasteiger partial charge in [0.25, 0.3) is 0 Å². The first-order valence-corrected chi connectivity index (χ1v) is 8.12. The quantitative estimate of drug-likeness (QED) is 0.883. The van der Waals surface area contributed by atoms with E-state index in [1.807, 2.05) is 6.92 Å². The Morgan fingerprint density at radius 2 is 2.17 bits per heavy atom. The fraction of sp³-hybridized carbons (Fsp3) is 0.471. The molecule has 2 aromatic rings. The van der Waals surface area contributed by atoms with Gasteiger partial charge >= 0.3 is 0 Å². The highest BCUT2D eigenvalue weighted by molar-refractivity contribution is 5.24. The maximum Gasteiger partial charge on any atom is 0.129 e. The van der Waals surface area contributed by atoms with Gasteiger partial charge in [-0.2, -0.15) is 0 Å². The Labute approximate surface area is 138 Å². The maximum atomic E-state index is 14.0. The molecule has 5 nitrogen and oxygen atoms in total. The lowest BCUT2D eigenvalue weighted by Crippen LogP contribution is -2.47. The van der Waals surface area contributed by atoms with Gasteiger partial charge in [0.1, 0.15) is 23.6 Å². The molecule has 0 radical (unpaired) electrons. The molecule has 4 rings (SSSR count). The molecule has 24 heavy (non-hydrogen) atoms. The number of nitrogens with zero attached hydrogens (tertiary/aromatic N) is 2. The topological polar surface area (TPSA) is 67.2 Å². The number of rotatable bonds is 2. The van der Waals surface area contributed by atoms with Crippen molar-refractivity contribution in [3.05, 3.63) is 52.6 Å². The van der Waals surface area contributed by atoms with Crippen molar-refractivity contribution >= 4 is 0 Å². The molecule has 1 saturated heterocycles. The van der Waals surface area contributed by atoms with Crippen LogP contribution in [0, 0.1) is 18.6 Å². The normalized spacial score (nSPS) is 27.4. The van der Waals surface area contributed by atoms with E-state index in [2.05, 4.69) is 14.9 Å². The average molecular weight is 334 g/mol. The van der Waals surface area contributed by atoms with Gasteiger partial charge in [-0.1, -0.05) is 0 Å². The molecule has 1 fully saturated rings. The molecular weight excluding hydrogens is 314 g/mol. The van der Waals surface area contributed by atoms with Crippen molar-refractivity contribution in [1.29, 1.82) is 0 Å². The lowest BCUT2D eigenvalue weighted by atomic mass is 9.93. The van der Waals surface area contributed by atoms with E-state index < -0.39 is 17.7 Å². The molecule has 1 aromatic heterocycles. The summed E-state index contributed by atoms with van der Waals surface area (Å²) in [7, 11) is 0. The van der Waals surface area contributed by atoms with Gasteiger partial charge in [-0.25, -0.2) is 13.8 Å². The fourth-order valence-electron chi connectivity index (χ4n) is 3.71. The summed E-state index contributed by atoms with van der Waals surface area (Å²) < 4.78 is 33.2. The predicted molar refractivity (Wildman–Crippen MR) is 84.0 cm³/mol. The van der Waals surface area contributed by atoms with Gasteiger partial charge in [-0.05, 0) is 31.5 Å². The van der Waals surface area contributed by atoms with Crippen LogP contribution >= 0.6 is 0 Å². The Morgan fingerprint density at radius 1 is 1.33 bits per heavy atom. The van der Waals surface area contributed by atoms with Crippen molar-refractivity contribution in [3.63, 3.8) is 0 Å². The molecule has 2 aliphatic heterocycles. The van der Waals surface area contributed by atoms with Gasteiger partial charge in [0.2, 0.25) is 0 Å². The summed E-state index contributed by atoms with van der Waals surface area (Å²) in [6, 6.07) is 3.16. The van der Waals surface area contributed by atoms with E-state index in [-0.39, 0.29) is 17.6 Å². The summed E-state index contributed by atoms with van der Waals surface area (Å²) in [5, 5.41) is 0. The monoisotopic (exact) mass is 334 g/mol. The Bertz CT molecular complexity index is 740. The second-order valence-electron chi connectivity index (χ2n) is 6.63. The first-order chi connectivity index (χ1) is 11.5. The lowest BCUT2D eigenvalue weighted by Gasteiger charge is -2.38. The molecule has 1 aromatic carbocycles. The van der Waals surface area contributed by atoms with Gasteiger partial charge in [0.05, 0.1) is 18.0 Å². The number of imidazole rings is 1. The zero-order chi connectivity index (χ0) is 16.8. The van der Waals surface area contributed by atoms with Crippen molar-refractivity contribution in [2.75, 3.05) is 6.61 Å². The number of aryl methyl sites for hydroxylation is 1. The Morgan fingerprint density at radius 3 is 2.92 bits per heavy atom. The van der Waals surface area contributed by atoms with E-state index in [9.17, 15) is 8.78 Å². The number of aromatic amines is 1. The van der Waals surface area contributed by atoms with Crippen molar-refractivity contribution in [3.8, 4) is 0 Å². The Kier molecular flexibility index (Phi) is 3.86. The summed E-state index contributed by atoms with van der Waals surface area (Å²) in [5.74, 6) is -0.0344.